The van der Waals surface area contributed by atoms with Gasteiger partial charge in [-0.05, 0) is 35.2 Å². The van der Waals surface area contributed by atoms with Crippen LogP contribution in [0.15, 0.2) is 58.2 Å². The monoisotopic (exact) mass is 426 g/mol. The Morgan fingerprint density at radius 2 is 1.73 bits per heavy atom. The molecule has 0 N–H and O–H groups in total. The first-order valence-electron chi connectivity index (χ1n) is 9.23. The summed E-state index contributed by atoms with van der Waals surface area (Å²) in [6.45, 7) is 6.44. The fourth-order valence-corrected chi connectivity index (χ4v) is 3.34. The van der Waals surface area contributed by atoms with Crippen molar-refractivity contribution in [2.45, 2.75) is 31.4 Å². The molecule has 1 amide bonds. The van der Waals surface area contributed by atoms with Crippen LogP contribution in [0, 0.1) is 10.1 Å². The highest BCUT2D eigenvalue weighted by Gasteiger charge is 2.17. The molecule has 3 aromatic rings. The number of hydrogen-bond acceptors (Lipinski definition) is 7. The molecule has 30 heavy (non-hydrogen) atoms. The number of amides is 1. The van der Waals surface area contributed by atoms with Gasteiger partial charge in [0.05, 0.1) is 10.7 Å². The summed E-state index contributed by atoms with van der Waals surface area (Å²) in [5.41, 5.74) is 2.63. The second-order valence-electron chi connectivity index (χ2n) is 7.72. The van der Waals surface area contributed by atoms with Crippen LogP contribution in [0.1, 0.15) is 26.3 Å². The first-order valence-corrected chi connectivity index (χ1v) is 10.2. The number of rotatable bonds is 6. The number of hydrogen-bond donors (Lipinski definition) is 0. The van der Waals surface area contributed by atoms with Crippen LogP contribution in [0.5, 0.6) is 0 Å². The number of nitrogens with zero attached hydrogens (tertiary/aromatic N) is 4. The van der Waals surface area contributed by atoms with Crippen LogP contribution in [0.3, 0.4) is 0 Å². The predicted octanol–water partition coefficient (Wildman–Crippen LogP) is 4.70. The van der Waals surface area contributed by atoms with E-state index in [2.05, 4.69) is 31.0 Å². The van der Waals surface area contributed by atoms with Gasteiger partial charge in [0.1, 0.15) is 0 Å². The molecule has 8 nitrogen and oxygen atoms in total. The Kier molecular flexibility index (Phi) is 6.21. The van der Waals surface area contributed by atoms with E-state index >= 15 is 0 Å². The third-order valence-electron chi connectivity index (χ3n) is 4.55. The van der Waals surface area contributed by atoms with Crippen LogP contribution >= 0.6 is 11.8 Å². The largest absolute Gasteiger partial charge is 0.411 e. The molecule has 0 spiro atoms. The van der Waals surface area contributed by atoms with Gasteiger partial charge in [-0.2, -0.15) is 0 Å². The third kappa shape index (κ3) is 5.04. The number of thioether (sulfide) groups is 1. The summed E-state index contributed by atoms with van der Waals surface area (Å²) in [7, 11) is 1.61. The topological polar surface area (TPSA) is 102 Å². The van der Waals surface area contributed by atoms with Crippen LogP contribution in [-0.4, -0.2) is 33.8 Å². The summed E-state index contributed by atoms with van der Waals surface area (Å²) in [6.07, 6.45) is 0. The Morgan fingerprint density at radius 3 is 2.30 bits per heavy atom. The van der Waals surface area contributed by atoms with E-state index in [0.717, 1.165) is 17.3 Å². The van der Waals surface area contributed by atoms with E-state index in [-0.39, 0.29) is 22.8 Å². The predicted molar refractivity (Wildman–Crippen MR) is 116 cm³/mol. The Balaban J connectivity index is 1.60. The Labute approximate surface area is 178 Å². The van der Waals surface area contributed by atoms with Crippen molar-refractivity contribution in [1.29, 1.82) is 0 Å². The number of carbonyl (C=O) groups is 1. The molecule has 1 aromatic heterocycles. The van der Waals surface area contributed by atoms with Gasteiger partial charge in [0.15, 0.2) is 0 Å². The molecule has 0 aliphatic carbocycles. The molecule has 0 saturated carbocycles. The highest BCUT2D eigenvalue weighted by molar-refractivity contribution is 7.99. The van der Waals surface area contributed by atoms with Gasteiger partial charge in [-0.3, -0.25) is 14.9 Å². The van der Waals surface area contributed by atoms with Crippen LogP contribution in [0.2, 0.25) is 0 Å². The first-order chi connectivity index (χ1) is 14.1. The van der Waals surface area contributed by atoms with Gasteiger partial charge in [-0.1, -0.05) is 44.7 Å². The minimum absolute atomic E-state index is 0.0251. The lowest BCUT2D eigenvalue weighted by Gasteiger charge is -2.18. The number of benzene rings is 2. The van der Waals surface area contributed by atoms with E-state index in [4.69, 9.17) is 4.42 Å². The summed E-state index contributed by atoms with van der Waals surface area (Å²) in [5, 5.41) is 19.1. The second-order valence-corrected chi connectivity index (χ2v) is 8.64. The van der Waals surface area contributed by atoms with Crippen LogP contribution < -0.4 is 4.90 Å². The van der Waals surface area contributed by atoms with Gasteiger partial charge >= 0.3 is 0 Å². The van der Waals surface area contributed by atoms with Gasteiger partial charge in [0.2, 0.25) is 11.8 Å². The molecule has 0 radical (unpaired) electrons. The Morgan fingerprint density at radius 1 is 1.10 bits per heavy atom. The van der Waals surface area contributed by atoms with E-state index in [1.54, 1.807) is 7.05 Å². The zero-order chi connectivity index (χ0) is 21.9. The number of nitro benzene ring substituents is 1. The number of nitro groups is 1. The summed E-state index contributed by atoms with van der Waals surface area (Å²) in [4.78, 5) is 24.1. The van der Waals surface area contributed by atoms with Gasteiger partial charge in [-0.25, -0.2) is 0 Å². The molecular formula is C21H22N4O4S. The molecule has 3 rings (SSSR count). The molecule has 0 aliphatic heterocycles. The standard InChI is InChI=1S/C21H22N4O4S/c1-21(2,3)15-7-5-14(6-8-15)19-22-23-20(29-19)30-13-18(26)24(4)16-9-11-17(12-10-16)25(27)28/h5-12H,13H2,1-4H3. The highest BCUT2D eigenvalue weighted by Crippen LogP contribution is 2.27. The van der Waals surface area contributed by atoms with Crippen molar-refractivity contribution in [3.63, 3.8) is 0 Å². The maximum Gasteiger partial charge on any atom is 0.277 e. The molecule has 9 heteroatoms. The van der Waals surface area contributed by atoms with Crippen LogP contribution in [0.4, 0.5) is 11.4 Å². The van der Waals surface area contributed by atoms with Gasteiger partial charge in [0.25, 0.3) is 10.9 Å². The number of aromatic nitrogens is 2. The Hall–Kier alpha value is -3.20. The smallest absolute Gasteiger partial charge is 0.277 e. The van der Waals surface area contributed by atoms with E-state index in [0.29, 0.717) is 16.8 Å². The average Bonchev–Trinajstić information content (AvgIpc) is 3.20. The van der Waals surface area contributed by atoms with Crippen molar-refractivity contribution in [2.75, 3.05) is 17.7 Å². The quantitative estimate of drug-likeness (QED) is 0.320. The summed E-state index contributed by atoms with van der Waals surface area (Å²) in [6, 6.07) is 13.7. The lowest BCUT2D eigenvalue weighted by atomic mass is 9.87. The summed E-state index contributed by atoms with van der Waals surface area (Å²) in [5.74, 6) is 0.301. The zero-order valence-corrected chi connectivity index (χ0v) is 18.0. The SMILES string of the molecule is CN(C(=O)CSc1nnc(-c2ccc(C(C)(C)C)cc2)o1)c1ccc([N+](=O)[O-])cc1. The van der Waals surface area contributed by atoms with E-state index in [1.165, 1.54) is 34.7 Å². The van der Waals surface area contributed by atoms with Gasteiger partial charge < -0.3 is 9.32 Å². The summed E-state index contributed by atoms with van der Waals surface area (Å²) < 4.78 is 5.67. The fourth-order valence-electron chi connectivity index (χ4n) is 2.66. The molecule has 2 aromatic carbocycles. The lowest BCUT2D eigenvalue weighted by molar-refractivity contribution is -0.384. The van der Waals surface area contributed by atoms with Crippen molar-refractivity contribution in [2.24, 2.45) is 0 Å². The lowest BCUT2D eigenvalue weighted by Crippen LogP contribution is -2.27. The van der Waals surface area contributed by atoms with Crippen molar-refractivity contribution in [3.8, 4) is 11.5 Å². The van der Waals surface area contributed by atoms with E-state index in [9.17, 15) is 14.9 Å². The van der Waals surface area contributed by atoms with Crippen molar-refractivity contribution in [1.82, 2.24) is 10.2 Å². The first kappa shape index (κ1) is 21.5. The van der Waals surface area contributed by atoms with Crippen molar-refractivity contribution < 1.29 is 14.1 Å². The molecule has 0 saturated heterocycles. The van der Waals surface area contributed by atoms with Gasteiger partial charge in [-0.15, -0.1) is 10.2 Å². The highest BCUT2D eigenvalue weighted by atomic mass is 32.2. The van der Waals surface area contributed by atoms with Crippen LogP contribution in [0.25, 0.3) is 11.5 Å². The maximum absolute atomic E-state index is 12.4. The van der Waals surface area contributed by atoms with Crippen molar-refractivity contribution in [3.05, 3.63) is 64.2 Å². The number of anilines is 1. The molecule has 1 heterocycles. The molecular weight excluding hydrogens is 404 g/mol. The molecule has 0 unspecified atom stereocenters. The minimum Gasteiger partial charge on any atom is -0.411 e. The van der Waals surface area contributed by atoms with Gasteiger partial charge in [0, 0.05) is 30.4 Å². The molecule has 0 fully saturated rings. The minimum atomic E-state index is -0.481. The summed E-state index contributed by atoms with van der Waals surface area (Å²) >= 11 is 1.14. The van der Waals surface area contributed by atoms with Crippen molar-refractivity contribution >= 4 is 29.0 Å². The maximum atomic E-state index is 12.4. The third-order valence-corrected chi connectivity index (χ3v) is 5.35. The van der Waals surface area contributed by atoms with E-state index in [1.807, 2.05) is 24.3 Å². The number of carbonyl (C=O) groups excluding carboxylic acids is 1. The molecule has 0 aliphatic rings. The van der Waals surface area contributed by atoms with Crippen LogP contribution in [-0.2, 0) is 10.2 Å². The fraction of sp³-hybridized carbons (Fsp3) is 0.286. The normalized spacial score (nSPS) is 11.3. The van der Waals surface area contributed by atoms with E-state index < -0.39 is 4.92 Å². The average molecular weight is 426 g/mol. The number of non-ortho nitro benzene ring substituents is 1. The second kappa shape index (κ2) is 8.66. The molecule has 0 atom stereocenters. The Bertz CT molecular complexity index is 1040. The molecule has 0 bridgehead atoms. The zero-order valence-electron chi connectivity index (χ0n) is 17.2. The molecule has 156 valence electrons.